The van der Waals surface area contributed by atoms with Gasteiger partial charge in [-0.2, -0.15) is 5.10 Å². The maximum atomic E-state index is 11.8. The van der Waals surface area contributed by atoms with E-state index >= 15 is 0 Å². The monoisotopic (exact) mass is 323 g/mol. The maximum Gasteiger partial charge on any atom is 0.269 e. The first kappa shape index (κ1) is 16.5. The predicted molar refractivity (Wildman–Crippen MR) is 84.9 cm³/mol. The molecular formula is C15H18ClN3O3. The van der Waals surface area contributed by atoms with Gasteiger partial charge in [-0.25, -0.2) is 5.43 Å². The number of ether oxygens (including phenoxy) is 1. The van der Waals surface area contributed by atoms with Gasteiger partial charge in [0.2, 0.25) is 5.91 Å². The number of nitrogens with zero attached hydrogens (tertiary/aromatic N) is 1. The van der Waals surface area contributed by atoms with Crippen molar-refractivity contribution in [3.8, 4) is 0 Å². The van der Waals surface area contributed by atoms with Crippen LogP contribution in [0, 0.1) is 0 Å². The van der Waals surface area contributed by atoms with Crippen LogP contribution in [0.5, 0.6) is 0 Å². The molecule has 0 bridgehead atoms. The summed E-state index contributed by atoms with van der Waals surface area (Å²) in [6.07, 6.45) is 1.25. The highest BCUT2D eigenvalue weighted by atomic mass is 35.5. The molecule has 1 aliphatic heterocycles. The number of amides is 2. The van der Waals surface area contributed by atoms with Gasteiger partial charge in [0.05, 0.1) is 6.42 Å². The smallest absolute Gasteiger partial charge is 0.269 e. The molecule has 1 aromatic rings. The normalized spacial score (nSPS) is 18.1. The molecule has 6 nitrogen and oxygen atoms in total. The molecule has 0 spiro atoms. The molecule has 1 heterocycles. The van der Waals surface area contributed by atoms with Gasteiger partial charge in [0.1, 0.15) is 6.10 Å². The zero-order chi connectivity index (χ0) is 15.9. The number of halogens is 1. The largest absolute Gasteiger partial charge is 0.368 e. The van der Waals surface area contributed by atoms with E-state index in [9.17, 15) is 9.59 Å². The average molecular weight is 324 g/mol. The first-order chi connectivity index (χ1) is 10.5. The van der Waals surface area contributed by atoms with E-state index in [4.69, 9.17) is 16.3 Å². The first-order valence-corrected chi connectivity index (χ1v) is 7.42. The number of rotatable bonds is 5. The molecule has 2 rings (SSSR count). The van der Waals surface area contributed by atoms with E-state index in [0.29, 0.717) is 29.4 Å². The Bertz CT molecular complexity index is 566. The first-order valence-electron chi connectivity index (χ1n) is 7.04. The third kappa shape index (κ3) is 5.13. The molecule has 1 saturated heterocycles. The van der Waals surface area contributed by atoms with Crippen molar-refractivity contribution in [2.75, 3.05) is 11.9 Å². The minimum absolute atomic E-state index is 0.0917. The molecule has 22 heavy (non-hydrogen) atoms. The highest BCUT2D eigenvalue weighted by molar-refractivity contribution is 6.30. The summed E-state index contributed by atoms with van der Waals surface area (Å²) in [5.74, 6) is -0.482. The van der Waals surface area contributed by atoms with E-state index in [2.05, 4.69) is 15.8 Å². The lowest BCUT2D eigenvalue weighted by atomic mass is 10.2. The highest BCUT2D eigenvalue weighted by Gasteiger charge is 2.23. The number of carbonyl (C=O) groups excluding carboxylic acids is 2. The highest BCUT2D eigenvalue weighted by Crippen LogP contribution is 2.14. The fraction of sp³-hybridized carbons (Fsp3) is 0.400. The van der Waals surface area contributed by atoms with Crippen LogP contribution in [0.2, 0.25) is 5.02 Å². The average Bonchev–Trinajstić information content (AvgIpc) is 3.01. The van der Waals surface area contributed by atoms with Crippen molar-refractivity contribution < 1.29 is 14.3 Å². The molecule has 0 saturated carbocycles. The van der Waals surface area contributed by atoms with Gasteiger partial charge < -0.3 is 10.1 Å². The van der Waals surface area contributed by atoms with E-state index in [0.717, 1.165) is 6.42 Å². The quantitative estimate of drug-likeness (QED) is 0.644. The zero-order valence-electron chi connectivity index (χ0n) is 12.3. The minimum atomic E-state index is -0.431. The Labute approximate surface area is 133 Å². The Hall–Kier alpha value is -1.92. The summed E-state index contributed by atoms with van der Waals surface area (Å²) >= 11 is 5.78. The van der Waals surface area contributed by atoms with Gasteiger partial charge in [-0.1, -0.05) is 11.6 Å². The second kappa shape index (κ2) is 7.91. The fourth-order valence-corrected chi connectivity index (χ4v) is 2.14. The van der Waals surface area contributed by atoms with E-state index in [1.165, 1.54) is 0 Å². The maximum absolute atomic E-state index is 11.8. The van der Waals surface area contributed by atoms with Crippen LogP contribution in [0.1, 0.15) is 26.2 Å². The number of anilines is 1. The van der Waals surface area contributed by atoms with Gasteiger partial charge in [-0.3, -0.25) is 9.59 Å². The number of hydrogen-bond acceptors (Lipinski definition) is 4. The molecule has 1 aromatic carbocycles. The van der Waals surface area contributed by atoms with Crippen LogP contribution >= 0.6 is 11.6 Å². The van der Waals surface area contributed by atoms with Crippen molar-refractivity contribution in [1.82, 2.24) is 5.43 Å². The van der Waals surface area contributed by atoms with Crippen molar-refractivity contribution >= 4 is 34.8 Å². The summed E-state index contributed by atoms with van der Waals surface area (Å²) < 4.78 is 5.25. The molecule has 7 heteroatoms. The molecule has 0 radical (unpaired) electrons. The second-order valence-corrected chi connectivity index (χ2v) is 5.49. The second-order valence-electron chi connectivity index (χ2n) is 5.06. The number of hydrazone groups is 1. The summed E-state index contributed by atoms with van der Waals surface area (Å²) in [4.78, 5) is 23.5. The topological polar surface area (TPSA) is 79.8 Å². The van der Waals surface area contributed by atoms with Crippen molar-refractivity contribution in [3.63, 3.8) is 0 Å². The van der Waals surface area contributed by atoms with Crippen LogP contribution in [0.3, 0.4) is 0 Å². The van der Waals surface area contributed by atoms with E-state index in [1.807, 2.05) is 0 Å². The molecule has 0 unspecified atom stereocenters. The number of carbonyl (C=O) groups is 2. The molecule has 2 amide bonds. The summed E-state index contributed by atoms with van der Waals surface area (Å²) in [5, 5.41) is 7.25. The van der Waals surface area contributed by atoms with Crippen molar-refractivity contribution in [2.45, 2.75) is 32.3 Å². The van der Waals surface area contributed by atoms with Crippen molar-refractivity contribution in [1.29, 1.82) is 0 Å². The Balaban J connectivity index is 1.78. The molecule has 1 aliphatic rings. The van der Waals surface area contributed by atoms with Gasteiger partial charge in [0.25, 0.3) is 5.91 Å². The van der Waals surface area contributed by atoms with Crippen molar-refractivity contribution in [2.24, 2.45) is 5.10 Å². The van der Waals surface area contributed by atoms with E-state index in [-0.39, 0.29) is 18.2 Å². The molecule has 1 atom stereocenters. The Morgan fingerprint density at radius 2 is 2.09 bits per heavy atom. The summed E-state index contributed by atoms with van der Waals surface area (Å²) in [6, 6.07) is 6.82. The van der Waals surface area contributed by atoms with Crippen LogP contribution < -0.4 is 10.7 Å². The molecule has 1 fully saturated rings. The van der Waals surface area contributed by atoms with Gasteiger partial charge in [-0.15, -0.1) is 0 Å². The molecule has 2 N–H and O–H groups in total. The Morgan fingerprint density at radius 1 is 1.36 bits per heavy atom. The molecule has 0 aromatic heterocycles. The summed E-state index contributed by atoms with van der Waals surface area (Å²) in [5.41, 5.74) is 3.60. The lowest BCUT2D eigenvalue weighted by molar-refractivity contribution is -0.130. The minimum Gasteiger partial charge on any atom is -0.368 e. The van der Waals surface area contributed by atoms with Gasteiger partial charge in [-0.05, 0) is 44.0 Å². The van der Waals surface area contributed by atoms with E-state index in [1.54, 1.807) is 31.2 Å². The number of nitrogens with one attached hydrogen (secondary N) is 2. The van der Waals surface area contributed by atoms with Gasteiger partial charge in [0, 0.05) is 23.0 Å². The van der Waals surface area contributed by atoms with Gasteiger partial charge >= 0.3 is 0 Å². The molecule has 0 aliphatic carbocycles. The van der Waals surface area contributed by atoms with Crippen LogP contribution in [-0.4, -0.2) is 30.2 Å². The number of benzene rings is 1. The zero-order valence-corrected chi connectivity index (χ0v) is 13.0. The molecular weight excluding hydrogens is 306 g/mol. The fourth-order valence-electron chi connectivity index (χ4n) is 2.02. The van der Waals surface area contributed by atoms with Crippen LogP contribution in [0.15, 0.2) is 29.4 Å². The number of hydrogen-bond donors (Lipinski definition) is 2. The third-order valence-corrected chi connectivity index (χ3v) is 3.38. The lowest BCUT2D eigenvalue weighted by Crippen LogP contribution is -2.31. The Morgan fingerprint density at radius 3 is 2.73 bits per heavy atom. The molecule has 118 valence electrons. The summed E-state index contributed by atoms with van der Waals surface area (Å²) in [6.45, 7) is 2.28. The van der Waals surface area contributed by atoms with Crippen LogP contribution in [-0.2, 0) is 14.3 Å². The van der Waals surface area contributed by atoms with Crippen LogP contribution in [0.4, 0.5) is 5.69 Å². The SMILES string of the molecule is C/C(CC(=O)Nc1ccc(Cl)cc1)=N/NC(=O)[C@@H]1CCCO1. The lowest BCUT2D eigenvalue weighted by Gasteiger charge is -2.08. The van der Waals surface area contributed by atoms with E-state index < -0.39 is 6.10 Å². The predicted octanol–water partition coefficient (Wildman–Crippen LogP) is 2.34. The third-order valence-electron chi connectivity index (χ3n) is 3.12. The van der Waals surface area contributed by atoms with Gasteiger partial charge in [0.15, 0.2) is 0 Å². The Kier molecular flexibility index (Phi) is 5.91. The van der Waals surface area contributed by atoms with Crippen LogP contribution in [0.25, 0.3) is 0 Å². The van der Waals surface area contributed by atoms with Crippen molar-refractivity contribution in [3.05, 3.63) is 29.3 Å². The summed E-state index contributed by atoms with van der Waals surface area (Å²) in [7, 11) is 0. The standard InChI is InChI=1S/C15H18ClN3O3/c1-10(18-19-15(21)13-3-2-8-22-13)9-14(20)17-12-6-4-11(16)5-7-12/h4-7,13H,2-3,8-9H2,1H3,(H,17,20)(H,19,21)/b18-10-/t13-/m0/s1.